The summed E-state index contributed by atoms with van der Waals surface area (Å²) in [6.07, 6.45) is -4.38. The molecule has 1 heterocycles. The van der Waals surface area contributed by atoms with Crippen LogP contribution in [0, 0.1) is 0 Å². The largest absolute Gasteiger partial charge is 0.416 e. The first-order chi connectivity index (χ1) is 11.9. The second kappa shape index (κ2) is 6.80. The lowest BCUT2D eigenvalue weighted by Gasteiger charge is -2.06. The first-order valence-electron chi connectivity index (χ1n) is 7.40. The van der Waals surface area contributed by atoms with Gasteiger partial charge in [0.25, 0.3) is 5.91 Å². The number of hydrogen-bond donors (Lipinski definition) is 1. The van der Waals surface area contributed by atoms with E-state index in [1.807, 2.05) is 6.07 Å². The molecule has 2 aromatic carbocycles. The minimum atomic E-state index is -4.38. The van der Waals surface area contributed by atoms with Crippen LogP contribution in [0.5, 0.6) is 0 Å². The molecular weight excluding hydrogens is 333 g/mol. The lowest BCUT2D eigenvalue weighted by Crippen LogP contribution is -2.22. The van der Waals surface area contributed by atoms with Crippen molar-refractivity contribution in [2.24, 2.45) is 0 Å². The number of benzene rings is 2. The van der Waals surface area contributed by atoms with Crippen molar-refractivity contribution < 1.29 is 22.5 Å². The van der Waals surface area contributed by atoms with E-state index in [1.165, 1.54) is 12.1 Å². The number of aromatic nitrogens is 1. The van der Waals surface area contributed by atoms with E-state index in [2.05, 4.69) is 10.5 Å². The predicted octanol–water partition coefficient (Wildman–Crippen LogP) is 4.29. The zero-order chi connectivity index (χ0) is 17.9. The molecule has 0 bridgehead atoms. The lowest BCUT2D eigenvalue weighted by atomic mass is 10.1. The topological polar surface area (TPSA) is 55.1 Å². The van der Waals surface area contributed by atoms with Gasteiger partial charge >= 0.3 is 6.18 Å². The zero-order valence-electron chi connectivity index (χ0n) is 12.9. The van der Waals surface area contributed by atoms with Crippen molar-refractivity contribution in [3.05, 3.63) is 77.6 Å². The predicted molar refractivity (Wildman–Crippen MR) is 84.6 cm³/mol. The number of halogens is 3. The number of carbonyl (C=O) groups excluding carboxylic acids is 1. The number of nitrogens with one attached hydrogen (secondary N) is 1. The van der Waals surface area contributed by atoms with Crippen LogP contribution in [0.25, 0.3) is 11.3 Å². The highest BCUT2D eigenvalue weighted by Crippen LogP contribution is 2.30. The molecule has 0 aliphatic heterocycles. The monoisotopic (exact) mass is 346 g/mol. The van der Waals surface area contributed by atoms with E-state index < -0.39 is 11.7 Å². The standard InChI is InChI=1S/C18H13F3N2O2/c19-18(20,21)14-8-6-12(7-9-14)16-10-15(25-23-16)11-22-17(24)13-4-2-1-3-5-13/h1-10H,11H2,(H,22,24). The molecule has 0 radical (unpaired) electrons. The van der Waals surface area contributed by atoms with E-state index in [9.17, 15) is 18.0 Å². The Morgan fingerprint density at radius 2 is 1.72 bits per heavy atom. The fourth-order valence-corrected chi connectivity index (χ4v) is 2.22. The third-order valence-electron chi connectivity index (χ3n) is 3.53. The summed E-state index contributed by atoms with van der Waals surface area (Å²) >= 11 is 0. The van der Waals surface area contributed by atoms with Crippen LogP contribution in [0.1, 0.15) is 21.7 Å². The van der Waals surface area contributed by atoms with E-state index in [0.717, 1.165) is 12.1 Å². The van der Waals surface area contributed by atoms with Crippen molar-refractivity contribution in [3.63, 3.8) is 0 Å². The first kappa shape index (κ1) is 16.8. The van der Waals surface area contributed by atoms with Crippen LogP contribution in [0.2, 0.25) is 0 Å². The smallest absolute Gasteiger partial charge is 0.359 e. The number of carbonyl (C=O) groups is 1. The first-order valence-corrected chi connectivity index (χ1v) is 7.40. The number of nitrogens with zero attached hydrogens (tertiary/aromatic N) is 1. The zero-order valence-corrected chi connectivity index (χ0v) is 12.9. The van der Waals surface area contributed by atoms with Gasteiger partial charge in [-0.15, -0.1) is 0 Å². The molecule has 0 aliphatic rings. The van der Waals surface area contributed by atoms with Crippen LogP contribution in [-0.2, 0) is 12.7 Å². The Kier molecular flexibility index (Phi) is 4.56. The summed E-state index contributed by atoms with van der Waals surface area (Å²) in [4.78, 5) is 11.9. The molecule has 0 spiro atoms. The molecule has 3 aromatic rings. The average molecular weight is 346 g/mol. The van der Waals surface area contributed by atoms with Crippen LogP contribution in [0.4, 0.5) is 13.2 Å². The van der Waals surface area contributed by atoms with Gasteiger partial charge in [-0.1, -0.05) is 35.5 Å². The Hall–Kier alpha value is -3.09. The summed E-state index contributed by atoms with van der Waals surface area (Å²) < 4.78 is 42.8. The van der Waals surface area contributed by atoms with E-state index in [4.69, 9.17) is 4.52 Å². The summed E-state index contributed by atoms with van der Waals surface area (Å²) in [7, 11) is 0. The molecule has 128 valence electrons. The van der Waals surface area contributed by atoms with Crippen LogP contribution >= 0.6 is 0 Å². The molecule has 0 fully saturated rings. The molecule has 1 amide bonds. The minimum Gasteiger partial charge on any atom is -0.359 e. The van der Waals surface area contributed by atoms with E-state index >= 15 is 0 Å². The fraction of sp³-hybridized carbons (Fsp3) is 0.111. The molecule has 25 heavy (non-hydrogen) atoms. The van der Waals surface area contributed by atoms with Gasteiger partial charge in [0.15, 0.2) is 5.76 Å². The fourth-order valence-electron chi connectivity index (χ4n) is 2.22. The van der Waals surface area contributed by atoms with Gasteiger partial charge in [0.2, 0.25) is 0 Å². The van der Waals surface area contributed by atoms with Gasteiger partial charge in [-0.25, -0.2) is 0 Å². The van der Waals surface area contributed by atoms with Crippen molar-refractivity contribution in [2.75, 3.05) is 0 Å². The van der Waals surface area contributed by atoms with Crippen molar-refractivity contribution in [1.29, 1.82) is 0 Å². The highest BCUT2D eigenvalue weighted by molar-refractivity contribution is 5.94. The van der Waals surface area contributed by atoms with E-state index in [1.54, 1.807) is 30.3 Å². The number of amides is 1. The maximum Gasteiger partial charge on any atom is 0.416 e. The molecule has 0 atom stereocenters. The van der Waals surface area contributed by atoms with E-state index in [0.29, 0.717) is 22.6 Å². The summed E-state index contributed by atoms with van der Waals surface area (Å²) in [5.74, 6) is 0.146. The molecule has 4 nitrogen and oxygen atoms in total. The Balaban J connectivity index is 1.65. The molecule has 1 N–H and O–H groups in total. The Bertz CT molecular complexity index is 856. The van der Waals surface area contributed by atoms with Crippen molar-refractivity contribution in [3.8, 4) is 11.3 Å². The van der Waals surface area contributed by atoms with Gasteiger partial charge in [0, 0.05) is 17.2 Å². The van der Waals surface area contributed by atoms with Crippen LogP contribution in [0.3, 0.4) is 0 Å². The van der Waals surface area contributed by atoms with Gasteiger partial charge in [-0.3, -0.25) is 4.79 Å². The van der Waals surface area contributed by atoms with Gasteiger partial charge in [0.05, 0.1) is 12.1 Å². The second-order valence-corrected chi connectivity index (χ2v) is 5.30. The van der Waals surface area contributed by atoms with Crippen molar-refractivity contribution in [2.45, 2.75) is 12.7 Å². The van der Waals surface area contributed by atoms with Crippen molar-refractivity contribution in [1.82, 2.24) is 10.5 Å². The van der Waals surface area contributed by atoms with Gasteiger partial charge in [0.1, 0.15) is 5.69 Å². The Morgan fingerprint density at radius 3 is 2.36 bits per heavy atom. The maximum atomic E-state index is 12.6. The normalized spacial score (nSPS) is 11.3. The third-order valence-corrected chi connectivity index (χ3v) is 3.53. The molecule has 7 heteroatoms. The van der Waals surface area contributed by atoms with Gasteiger partial charge in [-0.2, -0.15) is 13.2 Å². The quantitative estimate of drug-likeness (QED) is 0.767. The summed E-state index contributed by atoms with van der Waals surface area (Å²) in [6.45, 7) is 0.126. The third kappa shape index (κ3) is 4.06. The van der Waals surface area contributed by atoms with Gasteiger partial charge < -0.3 is 9.84 Å². The molecule has 0 saturated carbocycles. The molecule has 3 rings (SSSR count). The minimum absolute atomic E-state index is 0.126. The number of alkyl halides is 3. The van der Waals surface area contributed by atoms with Gasteiger partial charge in [-0.05, 0) is 24.3 Å². The second-order valence-electron chi connectivity index (χ2n) is 5.30. The molecule has 0 saturated heterocycles. The van der Waals surface area contributed by atoms with Crippen molar-refractivity contribution >= 4 is 5.91 Å². The van der Waals surface area contributed by atoms with E-state index in [-0.39, 0.29) is 12.5 Å². The molecular formula is C18H13F3N2O2. The highest BCUT2D eigenvalue weighted by Gasteiger charge is 2.30. The Labute approximate surface area is 141 Å². The summed E-state index contributed by atoms with van der Waals surface area (Å²) in [5.41, 5.74) is 0.690. The maximum absolute atomic E-state index is 12.6. The summed E-state index contributed by atoms with van der Waals surface area (Å²) in [5, 5.41) is 6.51. The van der Waals surface area contributed by atoms with Crippen LogP contribution in [0.15, 0.2) is 65.2 Å². The SMILES string of the molecule is O=C(NCc1cc(-c2ccc(C(F)(F)F)cc2)no1)c1ccccc1. The summed E-state index contributed by atoms with van der Waals surface area (Å²) in [6, 6.07) is 14.9. The number of rotatable bonds is 4. The Morgan fingerprint density at radius 1 is 1.04 bits per heavy atom. The van der Waals surface area contributed by atoms with Crippen LogP contribution in [-0.4, -0.2) is 11.1 Å². The number of hydrogen-bond acceptors (Lipinski definition) is 3. The van der Waals surface area contributed by atoms with Crippen LogP contribution < -0.4 is 5.32 Å². The highest BCUT2D eigenvalue weighted by atomic mass is 19.4. The average Bonchev–Trinajstić information content (AvgIpc) is 3.09. The lowest BCUT2D eigenvalue weighted by molar-refractivity contribution is -0.137. The molecule has 0 unspecified atom stereocenters. The molecule has 1 aromatic heterocycles. The molecule has 0 aliphatic carbocycles.